The molecule has 1 aromatic heterocycles. The highest BCUT2D eigenvalue weighted by Crippen LogP contribution is 2.15. The van der Waals surface area contributed by atoms with Gasteiger partial charge in [0.2, 0.25) is 5.91 Å². The van der Waals surface area contributed by atoms with E-state index in [4.69, 9.17) is 0 Å². The van der Waals surface area contributed by atoms with Gasteiger partial charge in [0.25, 0.3) is 0 Å². The van der Waals surface area contributed by atoms with E-state index in [0.717, 1.165) is 17.5 Å². The molecule has 3 rings (SSSR count). The Hall–Kier alpha value is -1.75. The number of amidine groups is 1. The van der Waals surface area contributed by atoms with Crippen LogP contribution in [0.1, 0.15) is 6.42 Å². The van der Waals surface area contributed by atoms with Crippen molar-refractivity contribution in [3.05, 3.63) is 36.5 Å². The number of aromatic nitrogens is 1. The van der Waals surface area contributed by atoms with Crippen molar-refractivity contribution in [3.8, 4) is 0 Å². The summed E-state index contributed by atoms with van der Waals surface area (Å²) in [7, 11) is 0. The van der Waals surface area contributed by atoms with Crippen LogP contribution >= 0.6 is 11.8 Å². The van der Waals surface area contributed by atoms with Crippen molar-refractivity contribution in [2.24, 2.45) is 4.99 Å². The molecular formula is C14H15N3OS. The average Bonchev–Trinajstić information content (AvgIpc) is 3.05. The molecule has 0 bridgehead atoms. The summed E-state index contributed by atoms with van der Waals surface area (Å²) in [4.78, 5) is 16.0. The number of hydrogen-bond acceptors (Lipinski definition) is 3. The van der Waals surface area contributed by atoms with Gasteiger partial charge in [0, 0.05) is 30.4 Å². The van der Waals surface area contributed by atoms with Crippen LogP contribution in [0.4, 0.5) is 0 Å². The Bertz CT molecular complexity index is 632. The van der Waals surface area contributed by atoms with Crippen LogP contribution in [-0.2, 0) is 11.3 Å². The second-order valence-electron chi connectivity index (χ2n) is 4.40. The van der Waals surface area contributed by atoms with Gasteiger partial charge in [-0.05, 0) is 17.5 Å². The molecule has 0 radical (unpaired) electrons. The van der Waals surface area contributed by atoms with Crippen molar-refractivity contribution >= 4 is 33.7 Å². The van der Waals surface area contributed by atoms with Crippen LogP contribution in [0.15, 0.2) is 41.5 Å². The van der Waals surface area contributed by atoms with Crippen molar-refractivity contribution in [2.45, 2.75) is 13.0 Å². The molecule has 2 aromatic rings. The maximum Gasteiger partial charge on any atom is 0.227 e. The van der Waals surface area contributed by atoms with E-state index in [1.54, 1.807) is 11.8 Å². The van der Waals surface area contributed by atoms with E-state index in [1.165, 1.54) is 10.9 Å². The fourth-order valence-corrected chi connectivity index (χ4v) is 2.89. The molecular weight excluding hydrogens is 258 g/mol. The lowest BCUT2D eigenvalue weighted by molar-refractivity contribution is -0.119. The Morgan fingerprint density at radius 1 is 1.37 bits per heavy atom. The number of rotatable bonds is 3. The lowest BCUT2D eigenvalue weighted by Gasteiger charge is -2.06. The van der Waals surface area contributed by atoms with E-state index in [-0.39, 0.29) is 5.91 Å². The van der Waals surface area contributed by atoms with Gasteiger partial charge in [-0.3, -0.25) is 9.79 Å². The number of aliphatic imine (C=N–C) groups is 1. The van der Waals surface area contributed by atoms with Crippen molar-refractivity contribution < 1.29 is 4.79 Å². The van der Waals surface area contributed by atoms with E-state index in [2.05, 4.69) is 33.1 Å². The van der Waals surface area contributed by atoms with Crippen molar-refractivity contribution in [1.82, 2.24) is 9.88 Å². The summed E-state index contributed by atoms with van der Waals surface area (Å²) >= 11 is 1.61. The predicted molar refractivity (Wildman–Crippen MR) is 79.5 cm³/mol. The monoisotopic (exact) mass is 273 g/mol. The molecule has 0 spiro atoms. The topological polar surface area (TPSA) is 46.4 Å². The highest BCUT2D eigenvalue weighted by atomic mass is 32.2. The first kappa shape index (κ1) is 12.3. The first-order valence-corrected chi connectivity index (χ1v) is 7.32. The molecule has 1 N–H and O–H groups in total. The molecule has 2 heterocycles. The Morgan fingerprint density at radius 3 is 3.11 bits per heavy atom. The molecule has 0 saturated carbocycles. The number of nitrogens with zero attached hydrogens (tertiary/aromatic N) is 2. The third-order valence-electron chi connectivity index (χ3n) is 3.09. The fourth-order valence-electron chi connectivity index (χ4n) is 2.15. The van der Waals surface area contributed by atoms with Crippen LogP contribution in [0, 0.1) is 0 Å². The predicted octanol–water partition coefficient (Wildman–Crippen LogP) is 2.25. The Balaban J connectivity index is 1.61. The largest absolute Gasteiger partial charge is 0.347 e. The third kappa shape index (κ3) is 2.81. The highest BCUT2D eigenvalue weighted by Gasteiger charge is 2.11. The lowest BCUT2D eigenvalue weighted by Crippen LogP contribution is -2.28. The number of carbonyl (C=O) groups excluding carboxylic acids is 1. The van der Waals surface area contributed by atoms with Crippen LogP contribution in [0.5, 0.6) is 0 Å². The summed E-state index contributed by atoms with van der Waals surface area (Å²) in [6.07, 6.45) is 2.50. The number of nitrogens with one attached hydrogen (secondary N) is 1. The average molecular weight is 273 g/mol. The van der Waals surface area contributed by atoms with Crippen LogP contribution < -0.4 is 5.32 Å². The van der Waals surface area contributed by atoms with E-state index in [1.807, 2.05) is 18.3 Å². The maximum absolute atomic E-state index is 11.8. The molecule has 1 aliphatic rings. The quantitative estimate of drug-likeness (QED) is 0.932. The van der Waals surface area contributed by atoms with Gasteiger partial charge in [-0.2, -0.15) is 0 Å². The minimum absolute atomic E-state index is 0.0333. The molecule has 0 aliphatic carbocycles. The molecule has 19 heavy (non-hydrogen) atoms. The number of hydrogen-bond donors (Lipinski definition) is 1. The van der Waals surface area contributed by atoms with Gasteiger partial charge < -0.3 is 9.88 Å². The second-order valence-corrected chi connectivity index (χ2v) is 5.49. The minimum atomic E-state index is 0.0333. The molecule has 98 valence electrons. The van der Waals surface area contributed by atoms with Crippen LogP contribution in [0.25, 0.3) is 10.9 Å². The van der Waals surface area contributed by atoms with E-state index < -0.39 is 0 Å². The van der Waals surface area contributed by atoms with Gasteiger partial charge in [-0.1, -0.05) is 30.0 Å². The lowest BCUT2D eigenvalue weighted by atomic mass is 10.2. The number of amides is 1. The number of benzene rings is 1. The molecule has 5 heteroatoms. The van der Waals surface area contributed by atoms with Gasteiger partial charge in [0.1, 0.15) is 0 Å². The fraction of sp³-hybridized carbons (Fsp3) is 0.286. The summed E-state index contributed by atoms with van der Waals surface area (Å²) in [6, 6.07) is 10.3. The number of para-hydroxylation sites is 1. The molecule has 1 aromatic carbocycles. The summed E-state index contributed by atoms with van der Waals surface area (Å²) in [5.41, 5.74) is 1.17. The molecule has 1 aliphatic heterocycles. The standard InChI is InChI=1S/C14H15N3OS/c18-13(16-14-15-7-10-19-14)6-9-17-8-5-11-3-1-2-4-12(11)17/h1-5,8H,6-7,9-10H2,(H,15,16,18). The zero-order chi connectivity index (χ0) is 13.1. The number of aryl methyl sites for hydroxylation is 1. The maximum atomic E-state index is 11.8. The zero-order valence-corrected chi connectivity index (χ0v) is 11.3. The molecule has 0 saturated heterocycles. The number of thioether (sulfide) groups is 1. The summed E-state index contributed by atoms with van der Waals surface area (Å²) in [6.45, 7) is 1.50. The molecule has 0 fully saturated rings. The van der Waals surface area contributed by atoms with Gasteiger partial charge in [-0.15, -0.1) is 0 Å². The smallest absolute Gasteiger partial charge is 0.227 e. The molecule has 1 amide bonds. The van der Waals surface area contributed by atoms with Gasteiger partial charge in [0.05, 0.1) is 6.54 Å². The molecule has 0 unspecified atom stereocenters. The first-order valence-electron chi connectivity index (χ1n) is 6.34. The minimum Gasteiger partial charge on any atom is -0.347 e. The number of carbonyl (C=O) groups is 1. The van der Waals surface area contributed by atoms with E-state index in [0.29, 0.717) is 13.0 Å². The van der Waals surface area contributed by atoms with Crippen LogP contribution in [0.2, 0.25) is 0 Å². The van der Waals surface area contributed by atoms with Gasteiger partial charge in [-0.25, -0.2) is 0 Å². The van der Waals surface area contributed by atoms with E-state index >= 15 is 0 Å². The summed E-state index contributed by atoms with van der Waals surface area (Å²) in [5, 5.41) is 4.82. The van der Waals surface area contributed by atoms with E-state index in [9.17, 15) is 4.79 Å². The normalized spacial score (nSPS) is 14.6. The summed E-state index contributed by atoms with van der Waals surface area (Å²) in [5.74, 6) is 1.00. The molecule has 0 atom stereocenters. The SMILES string of the molecule is O=C(CCn1ccc2ccccc21)NC1=NCCS1. The Kier molecular flexibility index (Phi) is 3.55. The van der Waals surface area contributed by atoms with Gasteiger partial charge >= 0.3 is 0 Å². The summed E-state index contributed by atoms with van der Waals surface area (Å²) < 4.78 is 2.11. The Morgan fingerprint density at radius 2 is 2.26 bits per heavy atom. The van der Waals surface area contributed by atoms with Crippen molar-refractivity contribution in [3.63, 3.8) is 0 Å². The molecule has 4 nitrogen and oxygen atoms in total. The first-order chi connectivity index (χ1) is 9.33. The van der Waals surface area contributed by atoms with Crippen LogP contribution in [0.3, 0.4) is 0 Å². The van der Waals surface area contributed by atoms with Gasteiger partial charge in [0.15, 0.2) is 5.17 Å². The Labute approximate surface area is 115 Å². The van der Waals surface area contributed by atoms with Crippen molar-refractivity contribution in [1.29, 1.82) is 0 Å². The van der Waals surface area contributed by atoms with Crippen LogP contribution in [-0.4, -0.2) is 27.9 Å². The second kappa shape index (κ2) is 5.48. The highest BCUT2D eigenvalue weighted by molar-refractivity contribution is 8.14. The third-order valence-corrected chi connectivity index (χ3v) is 3.98. The number of fused-ring (bicyclic) bond motifs is 1. The zero-order valence-electron chi connectivity index (χ0n) is 10.5. The van der Waals surface area contributed by atoms with Crippen molar-refractivity contribution in [2.75, 3.05) is 12.3 Å².